The zero-order chi connectivity index (χ0) is 8.97. The van der Waals surface area contributed by atoms with Gasteiger partial charge in [0.05, 0.1) is 7.11 Å². The summed E-state index contributed by atoms with van der Waals surface area (Å²) in [6.07, 6.45) is 3.12. The van der Waals surface area contributed by atoms with Crippen molar-refractivity contribution in [3.8, 4) is 0 Å². The van der Waals surface area contributed by atoms with Gasteiger partial charge in [-0.3, -0.25) is 0 Å². The summed E-state index contributed by atoms with van der Waals surface area (Å²) in [6, 6.07) is 1.93. The van der Waals surface area contributed by atoms with Crippen LogP contribution in [0.4, 0.5) is 0 Å². The Kier molecular flexibility index (Phi) is 3.49. The van der Waals surface area contributed by atoms with Crippen molar-refractivity contribution in [2.45, 2.75) is 0 Å². The zero-order valence-electron chi connectivity index (χ0n) is 6.41. The molecular formula is C8H7BrO2S. The normalized spacial score (nSPS) is 10.5. The molecule has 0 bridgehead atoms. The molecule has 1 aromatic heterocycles. The van der Waals surface area contributed by atoms with Crippen LogP contribution in [0.15, 0.2) is 22.0 Å². The van der Waals surface area contributed by atoms with Gasteiger partial charge in [-0.2, -0.15) is 0 Å². The highest BCUT2D eigenvalue weighted by Crippen LogP contribution is 2.20. The maximum Gasteiger partial charge on any atom is 0.330 e. The van der Waals surface area contributed by atoms with Crippen molar-refractivity contribution < 1.29 is 9.53 Å². The van der Waals surface area contributed by atoms with Gasteiger partial charge in [-0.15, -0.1) is 11.3 Å². The van der Waals surface area contributed by atoms with E-state index in [1.54, 1.807) is 17.4 Å². The average Bonchev–Trinajstić information content (AvgIpc) is 2.47. The van der Waals surface area contributed by atoms with E-state index >= 15 is 0 Å². The van der Waals surface area contributed by atoms with Crippen LogP contribution >= 0.6 is 27.3 Å². The first-order valence-electron chi connectivity index (χ1n) is 3.22. The van der Waals surface area contributed by atoms with E-state index in [9.17, 15) is 4.79 Å². The van der Waals surface area contributed by atoms with E-state index in [1.165, 1.54) is 13.2 Å². The van der Waals surface area contributed by atoms with Crippen LogP contribution in [0.1, 0.15) is 4.88 Å². The van der Waals surface area contributed by atoms with E-state index < -0.39 is 0 Å². The zero-order valence-corrected chi connectivity index (χ0v) is 8.81. The predicted molar refractivity (Wildman–Crippen MR) is 53.1 cm³/mol. The molecule has 4 heteroatoms. The molecule has 0 aromatic carbocycles. The summed E-state index contributed by atoms with van der Waals surface area (Å²) in [4.78, 5) is 11.7. The van der Waals surface area contributed by atoms with Crippen molar-refractivity contribution in [1.82, 2.24) is 0 Å². The fraction of sp³-hybridized carbons (Fsp3) is 0.125. The third-order valence-corrected chi connectivity index (χ3v) is 2.83. The molecule has 0 N–H and O–H groups in total. The maximum absolute atomic E-state index is 10.7. The molecule has 0 saturated heterocycles. The van der Waals surface area contributed by atoms with Gasteiger partial charge in [0, 0.05) is 20.8 Å². The molecule has 1 rings (SSSR count). The highest BCUT2D eigenvalue weighted by Gasteiger charge is 1.94. The number of hydrogen-bond donors (Lipinski definition) is 0. The Balaban J connectivity index is 2.63. The van der Waals surface area contributed by atoms with Gasteiger partial charge >= 0.3 is 5.97 Å². The molecule has 0 amide bonds. The number of methoxy groups -OCH3 is 1. The van der Waals surface area contributed by atoms with Crippen LogP contribution in [0.5, 0.6) is 0 Å². The standard InChI is InChI=1S/C8H7BrO2S/c1-11-8(10)3-2-7-4-6(9)5-12-7/h2-5H,1H3/b3-2+. The van der Waals surface area contributed by atoms with Crippen molar-refractivity contribution in [3.63, 3.8) is 0 Å². The summed E-state index contributed by atoms with van der Waals surface area (Å²) in [6.45, 7) is 0. The van der Waals surface area contributed by atoms with Gasteiger partial charge in [0.25, 0.3) is 0 Å². The molecule has 64 valence electrons. The van der Waals surface area contributed by atoms with Crippen LogP contribution in [-0.2, 0) is 9.53 Å². The Morgan fingerprint density at radius 3 is 3.00 bits per heavy atom. The summed E-state index contributed by atoms with van der Waals surface area (Å²) in [5, 5.41) is 1.96. The maximum atomic E-state index is 10.7. The van der Waals surface area contributed by atoms with Crippen molar-refractivity contribution in [3.05, 3.63) is 26.9 Å². The summed E-state index contributed by atoms with van der Waals surface area (Å²) in [7, 11) is 1.36. The monoisotopic (exact) mass is 246 g/mol. The second-order valence-electron chi connectivity index (χ2n) is 2.02. The molecule has 0 atom stereocenters. The molecule has 2 nitrogen and oxygen atoms in total. The molecule has 1 aromatic rings. The second kappa shape index (κ2) is 4.42. The van der Waals surface area contributed by atoms with Crippen LogP contribution in [0.3, 0.4) is 0 Å². The molecule has 1 heterocycles. The molecule has 0 fully saturated rings. The number of esters is 1. The first kappa shape index (κ1) is 9.48. The van der Waals surface area contributed by atoms with Crippen molar-refractivity contribution in [2.24, 2.45) is 0 Å². The largest absolute Gasteiger partial charge is 0.466 e. The highest BCUT2D eigenvalue weighted by atomic mass is 79.9. The predicted octanol–water partition coefficient (Wildman–Crippen LogP) is 2.70. The molecule has 0 spiro atoms. The van der Waals surface area contributed by atoms with Gasteiger partial charge < -0.3 is 4.74 Å². The number of hydrogen-bond acceptors (Lipinski definition) is 3. The minimum absolute atomic E-state index is 0.334. The highest BCUT2D eigenvalue weighted by molar-refractivity contribution is 9.10. The summed E-state index contributed by atoms with van der Waals surface area (Å²) >= 11 is 4.88. The number of thiophene rings is 1. The Hall–Kier alpha value is -0.610. The Morgan fingerprint density at radius 2 is 2.50 bits per heavy atom. The van der Waals surface area contributed by atoms with Gasteiger partial charge in [0.1, 0.15) is 0 Å². The molecule has 0 radical (unpaired) electrons. The van der Waals surface area contributed by atoms with Gasteiger partial charge in [0.15, 0.2) is 0 Å². The topological polar surface area (TPSA) is 26.3 Å². The minimum atomic E-state index is -0.334. The lowest BCUT2D eigenvalue weighted by atomic mass is 10.4. The van der Waals surface area contributed by atoms with Gasteiger partial charge in [-0.05, 0) is 28.1 Å². The SMILES string of the molecule is COC(=O)/C=C/c1cc(Br)cs1. The van der Waals surface area contributed by atoms with Gasteiger partial charge in [-0.25, -0.2) is 4.79 Å². The van der Waals surface area contributed by atoms with Gasteiger partial charge in [-0.1, -0.05) is 0 Å². The third-order valence-electron chi connectivity index (χ3n) is 1.17. The van der Waals surface area contributed by atoms with Crippen molar-refractivity contribution >= 4 is 39.3 Å². The van der Waals surface area contributed by atoms with Crippen LogP contribution in [0, 0.1) is 0 Å². The molecule has 0 unspecified atom stereocenters. The molecule has 12 heavy (non-hydrogen) atoms. The Morgan fingerprint density at radius 1 is 1.75 bits per heavy atom. The Labute approximate surface area is 83.0 Å². The second-order valence-corrected chi connectivity index (χ2v) is 3.88. The number of carbonyl (C=O) groups is 1. The van der Waals surface area contributed by atoms with Crippen molar-refractivity contribution in [1.29, 1.82) is 0 Å². The lowest BCUT2D eigenvalue weighted by molar-refractivity contribution is -0.134. The lowest BCUT2D eigenvalue weighted by Crippen LogP contribution is -1.92. The summed E-state index contributed by atoms with van der Waals surface area (Å²) in [5.41, 5.74) is 0. The first-order valence-corrected chi connectivity index (χ1v) is 4.89. The molecule has 0 saturated carbocycles. The Bertz CT molecular complexity index is 304. The van der Waals surface area contributed by atoms with Crippen LogP contribution in [0.2, 0.25) is 0 Å². The van der Waals surface area contributed by atoms with Gasteiger partial charge in [0.2, 0.25) is 0 Å². The molecule has 0 aliphatic heterocycles. The van der Waals surface area contributed by atoms with E-state index in [4.69, 9.17) is 0 Å². The van der Waals surface area contributed by atoms with E-state index in [0.717, 1.165) is 9.35 Å². The van der Waals surface area contributed by atoms with Crippen LogP contribution in [0.25, 0.3) is 6.08 Å². The fourth-order valence-electron chi connectivity index (χ4n) is 0.634. The smallest absolute Gasteiger partial charge is 0.330 e. The van der Waals surface area contributed by atoms with Crippen LogP contribution in [-0.4, -0.2) is 13.1 Å². The number of halogens is 1. The van der Waals surface area contributed by atoms with Crippen molar-refractivity contribution in [2.75, 3.05) is 7.11 Å². The lowest BCUT2D eigenvalue weighted by Gasteiger charge is -1.87. The number of ether oxygens (including phenoxy) is 1. The first-order chi connectivity index (χ1) is 5.72. The van der Waals surface area contributed by atoms with E-state index in [0.29, 0.717) is 0 Å². The molecular weight excluding hydrogens is 240 g/mol. The molecule has 0 aliphatic carbocycles. The quantitative estimate of drug-likeness (QED) is 0.593. The fourth-order valence-corrected chi connectivity index (χ4v) is 1.97. The summed E-state index contributed by atoms with van der Waals surface area (Å²) < 4.78 is 5.47. The third kappa shape index (κ3) is 2.79. The summed E-state index contributed by atoms with van der Waals surface area (Å²) in [5.74, 6) is -0.334. The van der Waals surface area contributed by atoms with Crippen LogP contribution < -0.4 is 0 Å². The average molecular weight is 247 g/mol. The van der Waals surface area contributed by atoms with E-state index in [-0.39, 0.29) is 5.97 Å². The minimum Gasteiger partial charge on any atom is -0.466 e. The molecule has 0 aliphatic rings. The number of rotatable bonds is 2. The van der Waals surface area contributed by atoms with E-state index in [2.05, 4.69) is 20.7 Å². The van der Waals surface area contributed by atoms with E-state index in [1.807, 2.05) is 11.4 Å². The number of carbonyl (C=O) groups excluding carboxylic acids is 1.